The van der Waals surface area contributed by atoms with E-state index in [2.05, 4.69) is 5.32 Å². The summed E-state index contributed by atoms with van der Waals surface area (Å²) in [5, 5.41) is 3.32. The lowest BCUT2D eigenvalue weighted by atomic mass is 9.68. The van der Waals surface area contributed by atoms with Gasteiger partial charge in [0.15, 0.2) is 0 Å². The summed E-state index contributed by atoms with van der Waals surface area (Å²) in [6.45, 7) is 4.67. The zero-order chi connectivity index (χ0) is 21.6. The third-order valence-electron chi connectivity index (χ3n) is 5.69. The molecule has 0 aliphatic carbocycles. The van der Waals surface area contributed by atoms with Gasteiger partial charge in [0.2, 0.25) is 0 Å². The molecule has 3 rings (SSSR count). The first-order chi connectivity index (χ1) is 14.4. The van der Waals surface area contributed by atoms with Crippen LogP contribution in [0.15, 0.2) is 60.7 Å². The van der Waals surface area contributed by atoms with Gasteiger partial charge in [0, 0.05) is 18.0 Å². The second kappa shape index (κ2) is 9.94. The molecule has 0 amide bonds. The van der Waals surface area contributed by atoms with Gasteiger partial charge < -0.3 is 14.8 Å². The van der Waals surface area contributed by atoms with E-state index in [4.69, 9.17) is 17.3 Å². The molecule has 0 saturated carbocycles. The van der Waals surface area contributed by atoms with Crippen LogP contribution in [0.3, 0.4) is 0 Å². The molecular formula is C24H28BNO4. The SMILES string of the molecule is [B][C@H](C)C1NC[C@@](C)(CC(=O)OCc2ccccc2)C1C(=O)OCc1ccccc1. The average molecular weight is 405 g/mol. The van der Waals surface area contributed by atoms with E-state index in [9.17, 15) is 9.59 Å². The van der Waals surface area contributed by atoms with Crippen molar-refractivity contribution in [3.05, 3.63) is 71.8 Å². The Bertz CT molecular complexity index is 843. The summed E-state index contributed by atoms with van der Waals surface area (Å²) in [6.07, 6.45) is 0.112. The van der Waals surface area contributed by atoms with Crippen LogP contribution in [-0.4, -0.2) is 32.4 Å². The van der Waals surface area contributed by atoms with Gasteiger partial charge in [0.05, 0.1) is 20.2 Å². The number of rotatable bonds is 8. The zero-order valence-electron chi connectivity index (χ0n) is 17.5. The molecule has 2 radical (unpaired) electrons. The van der Waals surface area contributed by atoms with Crippen LogP contribution in [0.1, 0.15) is 31.4 Å². The van der Waals surface area contributed by atoms with Crippen LogP contribution in [0.25, 0.3) is 0 Å². The first kappa shape index (κ1) is 22.1. The number of esters is 2. The number of hydrogen-bond donors (Lipinski definition) is 1. The molecular weight excluding hydrogens is 377 g/mol. The van der Waals surface area contributed by atoms with Crippen LogP contribution < -0.4 is 5.32 Å². The minimum absolute atomic E-state index is 0.112. The molecule has 1 fully saturated rings. The van der Waals surface area contributed by atoms with Gasteiger partial charge in [0.1, 0.15) is 13.2 Å². The molecule has 0 aromatic heterocycles. The third kappa shape index (κ3) is 5.51. The van der Waals surface area contributed by atoms with Gasteiger partial charge in [-0.15, -0.1) is 0 Å². The Balaban J connectivity index is 1.65. The molecule has 1 heterocycles. The van der Waals surface area contributed by atoms with Crippen LogP contribution in [-0.2, 0) is 32.3 Å². The third-order valence-corrected chi connectivity index (χ3v) is 5.69. The topological polar surface area (TPSA) is 64.6 Å². The van der Waals surface area contributed by atoms with E-state index < -0.39 is 11.3 Å². The molecule has 2 aromatic rings. The van der Waals surface area contributed by atoms with Crippen molar-refractivity contribution in [1.82, 2.24) is 5.32 Å². The molecule has 1 aliphatic rings. The van der Waals surface area contributed by atoms with Gasteiger partial charge >= 0.3 is 11.9 Å². The van der Waals surface area contributed by atoms with E-state index in [1.54, 1.807) is 0 Å². The standard InChI is InChI=1S/C24H28BNO4/c1-17(25)22-21(23(28)30-15-19-11-7-4-8-12-19)24(2,16-26-22)13-20(27)29-14-18-9-5-3-6-10-18/h3-12,17,21-22,26H,13-16H2,1-2H3/t17-,21?,22?,24-/m1/s1. The molecule has 2 aromatic carbocycles. The normalized spacial score (nSPS) is 24.2. The predicted octanol–water partition coefficient (Wildman–Crippen LogP) is 3.43. The van der Waals surface area contributed by atoms with Crippen LogP contribution in [0, 0.1) is 11.3 Å². The molecule has 6 heteroatoms. The van der Waals surface area contributed by atoms with Gasteiger partial charge in [-0.3, -0.25) is 9.59 Å². The number of carbonyl (C=O) groups excluding carboxylic acids is 2. The molecule has 5 nitrogen and oxygen atoms in total. The lowest BCUT2D eigenvalue weighted by Gasteiger charge is -2.32. The van der Waals surface area contributed by atoms with Crippen molar-refractivity contribution < 1.29 is 19.1 Å². The van der Waals surface area contributed by atoms with E-state index in [1.165, 1.54) is 0 Å². The van der Waals surface area contributed by atoms with Gasteiger partial charge in [-0.1, -0.05) is 80.3 Å². The van der Waals surface area contributed by atoms with E-state index in [-0.39, 0.29) is 43.4 Å². The van der Waals surface area contributed by atoms with Crippen LogP contribution in [0.2, 0.25) is 5.82 Å². The highest BCUT2D eigenvalue weighted by Gasteiger charge is 2.51. The number of nitrogens with one attached hydrogen (secondary N) is 1. The number of hydrogen-bond acceptors (Lipinski definition) is 5. The van der Waals surface area contributed by atoms with Crippen LogP contribution in [0.4, 0.5) is 0 Å². The summed E-state index contributed by atoms with van der Waals surface area (Å²) >= 11 is 0. The van der Waals surface area contributed by atoms with E-state index in [1.807, 2.05) is 74.5 Å². The highest BCUT2D eigenvalue weighted by Crippen LogP contribution is 2.42. The maximum Gasteiger partial charge on any atom is 0.311 e. The van der Waals surface area contributed by atoms with Crippen molar-refractivity contribution in [2.45, 2.75) is 45.3 Å². The molecule has 4 atom stereocenters. The Morgan fingerprint density at radius 1 is 1.03 bits per heavy atom. The lowest BCUT2D eigenvalue weighted by molar-refractivity contribution is -0.156. The molecule has 2 unspecified atom stereocenters. The van der Waals surface area contributed by atoms with Crippen LogP contribution >= 0.6 is 0 Å². The molecule has 0 bridgehead atoms. The average Bonchev–Trinajstić information content (AvgIpc) is 3.09. The Morgan fingerprint density at radius 3 is 2.10 bits per heavy atom. The van der Waals surface area contributed by atoms with Crippen molar-refractivity contribution in [3.8, 4) is 0 Å². The lowest BCUT2D eigenvalue weighted by Crippen LogP contribution is -2.41. The summed E-state index contributed by atoms with van der Waals surface area (Å²) in [4.78, 5) is 25.6. The van der Waals surface area contributed by atoms with Crippen molar-refractivity contribution in [1.29, 1.82) is 0 Å². The Morgan fingerprint density at radius 2 is 1.57 bits per heavy atom. The van der Waals surface area contributed by atoms with Crippen molar-refractivity contribution in [2.75, 3.05) is 6.54 Å². The predicted molar refractivity (Wildman–Crippen MR) is 116 cm³/mol. The smallest absolute Gasteiger partial charge is 0.311 e. The number of benzene rings is 2. The quantitative estimate of drug-likeness (QED) is 0.539. The molecule has 30 heavy (non-hydrogen) atoms. The molecule has 156 valence electrons. The van der Waals surface area contributed by atoms with Crippen LogP contribution in [0.5, 0.6) is 0 Å². The second-order valence-electron chi connectivity index (χ2n) is 8.31. The summed E-state index contributed by atoms with van der Waals surface area (Å²) in [7, 11) is 6.13. The summed E-state index contributed by atoms with van der Waals surface area (Å²) in [5.41, 5.74) is 1.20. The molecule has 0 spiro atoms. The van der Waals surface area contributed by atoms with E-state index in [0.29, 0.717) is 6.54 Å². The molecule has 1 saturated heterocycles. The first-order valence-corrected chi connectivity index (χ1v) is 10.3. The van der Waals surface area contributed by atoms with Gasteiger partial charge in [-0.25, -0.2) is 0 Å². The second-order valence-corrected chi connectivity index (χ2v) is 8.31. The first-order valence-electron chi connectivity index (χ1n) is 10.3. The van der Waals surface area contributed by atoms with E-state index in [0.717, 1.165) is 11.1 Å². The summed E-state index contributed by atoms with van der Waals surface area (Å²) in [6, 6.07) is 18.8. The fourth-order valence-electron chi connectivity index (χ4n) is 4.04. The highest BCUT2D eigenvalue weighted by atomic mass is 16.5. The van der Waals surface area contributed by atoms with E-state index >= 15 is 0 Å². The minimum atomic E-state index is -0.639. The van der Waals surface area contributed by atoms with Crippen molar-refractivity contribution >= 4 is 19.8 Å². The maximum absolute atomic E-state index is 13.0. The highest BCUT2D eigenvalue weighted by molar-refractivity contribution is 6.12. The largest absolute Gasteiger partial charge is 0.461 e. The summed E-state index contributed by atoms with van der Waals surface area (Å²) in [5.74, 6) is -1.48. The van der Waals surface area contributed by atoms with Gasteiger partial charge in [0.25, 0.3) is 0 Å². The zero-order valence-corrected chi connectivity index (χ0v) is 17.5. The molecule has 1 aliphatic heterocycles. The fraction of sp³-hybridized carbons (Fsp3) is 0.417. The van der Waals surface area contributed by atoms with Crippen molar-refractivity contribution in [3.63, 3.8) is 0 Å². The Labute approximate surface area is 179 Å². The number of carbonyl (C=O) groups is 2. The minimum Gasteiger partial charge on any atom is -0.461 e. The monoisotopic (exact) mass is 405 g/mol. The maximum atomic E-state index is 13.0. The Kier molecular flexibility index (Phi) is 7.32. The number of ether oxygens (including phenoxy) is 2. The Hall–Kier alpha value is -2.60. The summed E-state index contributed by atoms with van der Waals surface area (Å²) < 4.78 is 11.1. The van der Waals surface area contributed by atoms with Gasteiger partial charge in [-0.05, 0) is 11.1 Å². The van der Waals surface area contributed by atoms with Crippen molar-refractivity contribution in [2.24, 2.45) is 11.3 Å². The molecule has 1 N–H and O–H groups in total. The van der Waals surface area contributed by atoms with Gasteiger partial charge in [-0.2, -0.15) is 0 Å². The fourth-order valence-corrected chi connectivity index (χ4v) is 4.04.